The highest BCUT2D eigenvalue weighted by Crippen LogP contribution is 2.55. The van der Waals surface area contributed by atoms with Gasteiger partial charge in [-0.2, -0.15) is 15.0 Å². The summed E-state index contributed by atoms with van der Waals surface area (Å²) in [4.78, 5) is 110. The van der Waals surface area contributed by atoms with E-state index in [1.165, 1.54) is 18.3 Å². The highest BCUT2D eigenvalue weighted by atomic mass is 16.5. The number of aliphatic hydroxyl groups excluding tert-OH is 6. The second-order valence-electron chi connectivity index (χ2n) is 29.2. The Morgan fingerprint density at radius 3 is 2.25 bits per heavy atom. The largest absolute Gasteiger partial charge is 0.480 e. The van der Waals surface area contributed by atoms with E-state index < -0.39 is 78.2 Å². The quantitative estimate of drug-likeness (QED) is 0.0263. The minimum atomic E-state index is -1.40. The molecule has 106 heavy (non-hydrogen) atoms. The number of amides is 2. The molecule has 0 bridgehead atoms. The molecule has 12 atom stereocenters. The molecule has 6 aromatic rings. The van der Waals surface area contributed by atoms with E-state index in [0.29, 0.717) is 99.2 Å². The molecule has 0 spiro atoms. The second kappa shape index (κ2) is 37.2. The van der Waals surface area contributed by atoms with E-state index >= 15 is 0 Å². The van der Waals surface area contributed by atoms with E-state index in [9.17, 15) is 59.7 Å². The zero-order valence-corrected chi connectivity index (χ0v) is 60.9. The Kier molecular flexibility index (Phi) is 28.0. The first-order valence-electron chi connectivity index (χ1n) is 37.3. The third kappa shape index (κ3) is 21.1. The molecule has 2 aromatic carbocycles. The monoisotopic (exact) mass is 1470 g/mol. The van der Waals surface area contributed by atoms with Crippen molar-refractivity contribution < 1.29 is 64.4 Å². The number of ether oxygens (including phenoxy) is 2. The molecule has 32 heteroatoms. The molecule has 0 radical (unpaired) electrons. The van der Waals surface area contributed by atoms with Gasteiger partial charge in [0.25, 0.3) is 11.5 Å². The van der Waals surface area contributed by atoms with Gasteiger partial charge in [0.05, 0.1) is 81.0 Å². The number of esters is 1. The van der Waals surface area contributed by atoms with Crippen LogP contribution in [0.3, 0.4) is 0 Å². The van der Waals surface area contributed by atoms with Crippen LogP contribution in [0.4, 0.5) is 29.1 Å². The van der Waals surface area contributed by atoms with Crippen molar-refractivity contribution in [2.45, 2.75) is 203 Å². The van der Waals surface area contributed by atoms with Gasteiger partial charge in [-0.3, -0.25) is 39.0 Å². The van der Waals surface area contributed by atoms with Crippen LogP contribution in [0.2, 0.25) is 0 Å². The summed E-state index contributed by atoms with van der Waals surface area (Å²) in [6.45, 7) is 4.48. The maximum Gasteiger partial charge on any atom is 0.326 e. The predicted octanol–water partition coefficient (Wildman–Crippen LogP) is 3.39. The maximum atomic E-state index is 14.4. The molecule has 17 N–H and O–H groups in total. The number of unbranched alkanes of at least 4 members (excludes halogenated alkanes) is 1. The van der Waals surface area contributed by atoms with Gasteiger partial charge in [-0.25, -0.2) is 24.7 Å². The molecular formula is C74H106N18O14. The summed E-state index contributed by atoms with van der Waals surface area (Å²) < 4.78 is 12.0. The van der Waals surface area contributed by atoms with Crippen LogP contribution in [0.1, 0.15) is 163 Å². The third-order valence-electron chi connectivity index (χ3n) is 21.6. The molecule has 2 saturated carbocycles. The summed E-state index contributed by atoms with van der Waals surface area (Å²) in [6, 6.07) is 12.7. The van der Waals surface area contributed by atoms with E-state index in [4.69, 9.17) is 31.7 Å². The van der Waals surface area contributed by atoms with Crippen LogP contribution in [-0.2, 0) is 36.9 Å². The molecule has 4 aliphatic rings. The lowest BCUT2D eigenvalue weighted by molar-refractivity contribution is -0.149. The number of aliphatic hydroxyl groups is 6. The number of carbonyl (C=O) groups is 4. The van der Waals surface area contributed by atoms with Crippen molar-refractivity contribution in [3.63, 3.8) is 0 Å². The number of hydrogen-bond acceptors (Lipinski definition) is 28. The van der Waals surface area contributed by atoms with Crippen molar-refractivity contribution >= 4 is 80.9 Å². The van der Waals surface area contributed by atoms with Crippen molar-refractivity contribution in [3.8, 4) is 0 Å². The van der Waals surface area contributed by atoms with E-state index in [-0.39, 0.29) is 135 Å². The fourth-order valence-electron chi connectivity index (χ4n) is 15.9. The molecule has 12 unspecified atom stereocenters. The predicted molar refractivity (Wildman–Crippen MR) is 398 cm³/mol. The number of nitrogen functional groups attached to an aromatic ring is 3. The van der Waals surface area contributed by atoms with Crippen LogP contribution in [0, 0.1) is 17.8 Å². The van der Waals surface area contributed by atoms with E-state index in [1.54, 1.807) is 18.3 Å². The SMILES string of the molecule is CCCCC1(C2CCCC(N(CC(O)CO)CC(O)CO)CCCC3(NC(=O)CCC(NC(=O)c4ccc(NCc5cnc6nc(N)[nH]c(=O)c6n5)cc4)C(=O)O)CC3C(CC)CC2)CCOCC(O)CN1CC(O)COC(=O)CCC1CC(c2ccc(N(C)Cc3cnc4nc(N)nc(N)c4n3)cc2)=N1. The molecule has 3 fully saturated rings. The van der Waals surface area contributed by atoms with Crippen molar-refractivity contribution in [2.24, 2.45) is 22.7 Å². The number of rotatable bonds is 33. The van der Waals surface area contributed by atoms with Gasteiger partial charge in [0.15, 0.2) is 28.1 Å². The number of carboxylic acid groups (broad SMARTS) is 1. The minimum absolute atomic E-state index is 0.0232. The zero-order valence-electron chi connectivity index (χ0n) is 60.9. The number of aromatic nitrogens is 8. The van der Waals surface area contributed by atoms with Crippen LogP contribution in [0.15, 0.2) is 70.7 Å². The smallest absolute Gasteiger partial charge is 0.326 e. The molecule has 2 amide bonds. The van der Waals surface area contributed by atoms with Gasteiger partial charge in [-0.1, -0.05) is 51.7 Å². The number of nitrogens with one attached hydrogen (secondary N) is 4. The molecule has 6 heterocycles. The average Bonchev–Trinajstić information content (AvgIpc) is 1.57. The normalized spacial score (nSPS) is 23.5. The summed E-state index contributed by atoms with van der Waals surface area (Å²) in [5.41, 5.74) is 21.2. The Morgan fingerprint density at radius 1 is 0.840 bits per heavy atom. The topological polar surface area (TPSA) is 488 Å². The molecule has 32 nitrogen and oxygen atoms in total. The molecule has 4 aromatic heterocycles. The van der Waals surface area contributed by atoms with Gasteiger partial charge in [-0.15, -0.1) is 0 Å². The highest BCUT2D eigenvalue weighted by molar-refractivity contribution is 6.04. The van der Waals surface area contributed by atoms with Crippen LogP contribution < -0.4 is 43.6 Å². The van der Waals surface area contributed by atoms with E-state index in [0.717, 1.165) is 61.9 Å². The number of nitrogens with two attached hydrogens (primary N) is 3. The van der Waals surface area contributed by atoms with Gasteiger partial charge < -0.3 is 83.3 Å². The summed E-state index contributed by atoms with van der Waals surface area (Å²) in [5.74, 6) is -2.46. The number of β-amino-alcohol motifs (C(OH)–C–C–N with tert-alkyl or cyclic N) is 2. The van der Waals surface area contributed by atoms with Gasteiger partial charge >= 0.3 is 11.9 Å². The molecule has 10 rings (SSSR count). The summed E-state index contributed by atoms with van der Waals surface area (Å²) >= 11 is 0. The number of benzene rings is 2. The van der Waals surface area contributed by atoms with Crippen LogP contribution >= 0.6 is 0 Å². The fourth-order valence-corrected chi connectivity index (χ4v) is 15.9. The maximum absolute atomic E-state index is 14.4. The molecular weight excluding hydrogens is 1360 g/mol. The number of aliphatic carboxylic acids is 1. The lowest BCUT2D eigenvalue weighted by atomic mass is 9.70. The number of carbonyl (C=O) groups excluding carboxylic acids is 3. The van der Waals surface area contributed by atoms with E-state index in [2.05, 4.69) is 74.6 Å². The minimum Gasteiger partial charge on any atom is -0.480 e. The lowest BCUT2D eigenvalue weighted by Crippen LogP contribution is -2.60. The Balaban J connectivity index is 0.781. The fraction of sp³-hybridized carbons (Fsp3) is 0.608. The number of fused-ring (bicyclic) bond motifs is 3. The van der Waals surface area contributed by atoms with Gasteiger partial charge in [0, 0.05) is 98.9 Å². The van der Waals surface area contributed by atoms with Crippen molar-refractivity contribution in [3.05, 3.63) is 93.8 Å². The van der Waals surface area contributed by atoms with Crippen LogP contribution in [0.5, 0.6) is 0 Å². The van der Waals surface area contributed by atoms with Gasteiger partial charge in [0.2, 0.25) is 17.8 Å². The van der Waals surface area contributed by atoms with E-state index in [1.807, 2.05) is 41.1 Å². The number of nitrogens with zero attached hydrogens (tertiary/aromatic N) is 11. The molecule has 576 valence electrons. The average molecular weight is 1470 g/mol. The second-order valence-corrected chi connectivity index (χ2v) is 29.2. The van der Waals surface area contributed by atoms with Gasteiger partial charge in [-0.05, 0) is 137 Å². The first kappa shape index (κ1) is 79.8. The Hall–Kier alpha value is -8.73. The van der Waals surface area contributed by atoms with Crippen molar-refractivity contribution in [2.75, 3.05) is 93.7 Å². The number of anilines is 5. The summed E-state index contributed by atoms with van der Waals surface area (Å²) in [7, 11) is 1.95. The Morgan fingerprint density at radius 2 is 1.55 bits per heavy atom. The summed E-state index contributed by atoms with van der Waals surface area (Å²) in [6.07, 6.45) is 9.64. The molecule has 2 aliphatic carbocycles. The van der Waals surface area contributed by atoms with Gasteiger partial charge in [0.1, 0.15) is 18.8 Å². The lowest BCUT2D eigenvalue weighted by Gasteiger charge is -2.52. The Labute approximate surface area is 615 Å². The first-order chi connectivity index (χ1) is 51.0. The highest BCUT2D eigenvalue weighted by Gasteiger charge is 2.57. The first-order valence-corrected chi connectivity index (χ1v) is 37.3. The van der Waals surface area contributed by atoms with Crippen LogP contribution in [0.25, 0.3) is 22.3 Å². The number of H-pyrrole nitrogens is 1. The molecule has 2 aliphatic heterocycles. The molecule has 1 saturated heterocycles. The number of hydrogen-bond donors (Lipinski definition) is 14. The van der Waals surface area contributed by atoms with Crippen molar-refractivity contribution in [1.82, 2.24) is 60.3 Å². The van der Waals surface area contributed by atoms with Crippen molar-refractivity contribution in [1.29, 1.82) is 0 Å². The number of carboxylic acids is 1. The standard InChI is InChI=1S/C74H106N18O14/c1-4-6-27-74(28-29-105-42-56(97)38-92(74)39-57(98)43-106-62(100)25-20-49-30-60(81-49)45-15-21-52(22-16-45)90(3)35-51-34-80-66-63(83-51)65(75)85-71(76)86-66)47-9-7-10-53(91(36-54(95)40-93)37-55(96)41-94)11-8-26-73(31-58(73)44(5-2)12-17-47)89-61(99)24-23-59(70(103)104)84-68(101)46-13-18-48(19-14-46)78-32-50-33-79-67-64(82-50)69(102)88-72(77)87-67/h13-16,18-19,21-22,33-34,44,47,49,53-59,78,93-98H,4-12,17,20,23-32,35-43H2,1-3H3,(H,84,101)(H,89,99)(H,103,104)(H4,75,76,80,85,86)(H3,77,79,87,88,102). The zero-order chi connectivity index (χ0) is 75.7. The summed E-state index contributed by atoms with van der Waals surface area (Å²) in [5, 5.41) is 85.3. The number of aromatic amines is 1. The Bertz CT molecular complexity index is 4010. The number of aliphatic imine (C=N–C) groups is 1. The van der Waals surface area contributed by atoms with Crippen LogP contribution in [-0.4, -0.2) is 235 Å². The third-order valence-corrected chi connectivity index (χ3v) is 21.6.